The van der Waals surface area contributed by atoms with Crippen LogP contribution in [0.15, 0.2) is 18.2 Å². The maximum atomic E-state index is 11.1. The quantitative estimate of drug-likeness (QED) is 0.852. The lowest BCUT2D eigenvalue weighted by molar-refractivity contribution is 0.168. The van der Waals surface area contributed by atoms with Crippen LogP contribution in [-0.2, 0) is 4.74 Å². The monoisotopic (exact) mass is 305 g/mol. The number of ether oxygens (including phenoxy) is 1. The molecule has 76 valence electrons. The van der Waals surface area contributed by atoms with Crippen LogP contribution in [0.25, 0.3) is 0 Å². The van der Waals surface area contributed by atoms with Gasteiger partial charge >= 0.3 is 6.09 Å². The number of anilines is 1. The molecule has 1 aromatic carbocycles. The topological polar surface area (TPSA) is 38.3 Å². The highest BCUT2D eigenvalue weighted by Crippen LogP contribution is 2.21. The minimum absolute atomic E-state index is 0.383. The van der Waals surface area contributed by atoms with Crippen molar-refractivity contribution in [1.82, 2.24) is 0 Å². The van der Waals surface area contributed by atoms with E-state index in [1.165, 1.54) is 0 Å². The highest BCUT2D eigenvalue weighted by Gasteiger charge is 2.06. The second kappa shape index (κ2) is 5.19. The molecule has 0 aliphatic heterocycles. The summed E-state index contributed by atoms with van der Waals surface area (Å²) >= 11 is 2.20. The third-order valence-electron chi connectivity index (χ3n) is 1.70. The summed E-state index contributed by atoms with van der Waals surface area (Å²) in [6.45, 7) is 4.16. The number of aryl methyl sites for hydroxylation is 1. The van der Waals surface area contributed by atoms with Crippen LogP contribution in [-0.4, -0.2) is 12.7 Å². The fraction of sp³-hybridized carbons (Fsp3) is 0.300. The lowest BCUT2D eigenvalue weighted by Gasteiger charge is -2.08. The Morgan fingerprint density at radius 1 is 1.57 bits per heavy atom. The lowest BCUT2D eigenvalue weighted by Crippen LogP contribution is -2.14. The van der Waals surface area contributed by atoms with Crippen molar-refractivity contribution in [1.29, 1.82) is 0 Å². The van der Waals surface area contributed by atoms with Crippen LogP contribution < -0.4 is 5.32 Å². The van der Waals surface area contributed by atoms with E-state index in [0.29, 0.717) is 6.61 Å². The van der Waals surface area contributed by atoms with Crippen LogP contribution in [0.2, 0.25) is 0 Å². The Hall–Kier alpha value is -0.780. The van der Waals surface area contributed by atoms with Gasteiger partial charge in [-0.1, -0.05) is 12.1 Å². The molecule has 1 aromatic rings. The normalized spacial score (nSPS) is 9.64. The molecule has 0 bridgehead atoms. The van der Waals surface area contributed by atoms with E-state index in [1.54, 1.807) is 6.92 Å². The maximum Gasteiger partial charge on any atom is 0.411 e. The van der Waals surface area contributed by atoms with Gasteiger partial charge in [-0.25, -0.2) is 4.79 Å². The van der Waals surface area contributed by atoms with Gasteiger partial charge in [-0.3, -0.25) is 5.32 Å². The van der Waals surface area contributed by atoms with Gasteiger partial charge in [-0.15, -0.1) is 0 Å². The molecule has 14 heavy (non-hydrogen) atoms. The molecule has 0 atom stereocenters. The molecule has 0 aliphatic rings. The van der Waals surface area contributed by atoms with E-state index < -0.39 is 6.09 Å². The van der Waals surface area contributed by atoms with Crippen molar-refractivity contribution in [2.75, 3.05) is 11.9 Å². The molecule has 0 aliphatic carbocycles. The number of halogens is 1. The number of carbonyl (C=O) groups excluding carboxylic acids is 1. The predicted octanol–water partition coefficient (Wildman–Crippen LogP) is 3.17. The van der Waals surface area contributed by atoms with Crippen molar-refractivity contribution in [2.45, 2.75) is 13.8 Å². The molecule has 4 heteroatoms. The molecule has 0 heterocycles. The maximum absolute atomic E-state index is 11.1. The Morgan fingerprint density at radius 2 is 2.29 bits per heavy atom. The van der Waals surface area contributed by atoms with Gasteiger partial charge in [0, 0.05) is 3.57 Å². The van der Waals surface area contributed by atoms with Crippen LogP contribution in [0.3, 0.4) is 0 Å². The molecule has 0 fully saturated rings. The van der Waals surface area contributed by atoms with Gasteiger partial charge in [-0.05, 0) is 48.1 Å². The number of rotatable bonds is 2. The van der Waals surface area contributed by atoms with Gasteiger partial charge in [0.2, 0.25) is 0 Å². The van der Waals surface area contributed by atoms with Crippen molar-refractivity contribution in [2.24, 2.45) is 0 Å². The minimum Gasteiger partial charge on any atom is -0.450 e. The molecular weight excluding hydrogens is 293 g/mol. The second-order valence-corrected chi connectivity index (χ2v) is 3.86. The lowest BCUT2D eigenvalue weighted by atomic mass is 10.2. The Bertz CT molecular complexity index is 339. The highest BCUT2D eigenvalue weighted by molar-refractivity contribution is 14.1. The van der Waals surface area contributed by atoms with Crippen molar-refractivity contribution in [3.05, 3.63) is 27.3 Å². The van der Waals surface area contributed by atoms with E-state index >= 15 is 0 Å². The summed E-state index contributed by atoms with van der Waals surface area (Å²) in [7, 11) is 0. The van der Waals surface area contributed by atoms with E-state index in [1.807, 2.05) is 25.1 Å². The van der Waals surface area contributed by atoms with Crippen LogP contribution in [0.1, 0.15) is 12.5 Å². The summed E-state index contributed by atoms with van der Waals surface area (Å²) < 4.78 is 5.83. The van der Waals surface area contributed by atoms with E-state index in [2.05, 4.69) is 27.9 Å². The number of hydrogen-bond acceptors (Lipinski definition) is 2. The molecule has 1 rings (SSSR count). The first kappa shape index (κ1) is 11.3. The smallest absolute Gasteiger partial charge is 0.411 e. The summed E-state index contributed by atoms with van der Waals surface area (Å²) in [6, 6.07) is 5.75. The van der Waals surface area contributed by atoms with Crippen molar-refractivity contribution in [3.63, 3.8) is 0 Å². The molecule has 0 aromatic heterocycles. The first-order chi connectivity index (χ1) is 6.65. The molecule has 0 radical (unpaired) electrons. The van der Waals surface area contributed by atoms with E-state index in [0.717, 1.165) is 14.8 Å². The molecule has 3 nitrogen and oxygen atoms in total. The zero-order valence-electron chi connectivity index (χ0n) is 8.13. The summed E-state index contributed by atoms with van der Waals surface area (Å²) in [6.07, 6.45) is -0.406. The van der Waals surface area contributed by atoms with Gasteiger partial charge in [0.25, 0.3) is 0 Å². The van der Waals surface area contributed by atoms with Crippen LogP contribution in [0.5, 0.6) is 0 Å². The zero-order valence-corrected chi connectivity index (χ0v) is 10.3. The van der Waals surface area contributed by atoms with Crippen molar-refractivity contribution in [3.8, 4) is 0 Å². The molecule has 0 saturated carbocycles. The van der Waals surface area contributed by atoms with E-state index in [-0.39, 0.29) is 0 Å². The minimum atomic E-state index is -0.406. The highest BCUT2D eigenvalue weighted by atomic mass is 127. The number of nitrogens with one attached hydrogen (secondary N) is 1. The van der Waals surface area contributed by atoms with Crippen molar-refractivity contribution < 1.29 is 9.53 Å². The Morgan fingerprint density at radius 3 is 2.93 bits per heavy atom. The fourth-order valence-electron chi connectivity index (χ4n) is 1.02. The fourth-order valence-corrected chi connectivity index (χ4v) is 1.52. The Balaban J connectivity index is 2.76. The zero-order chi connectivity index (χ0) is 10.6. The van der Waals surface area contributed by atoms with Crippen LogP contribution >= 0.6 is 22.6 Å². The average molecular weight is 305 g/mol. The molecule has 0 spiro atoms. The molecule has 1 N–H and O–H groups in total. The van der Waals surface area contributed by atoms with Crippen LogP contribution in [0, 0.1) is 10.5 Å². The summed E-state index contributed by atoms with van der Waals surface area (Å²) in [5.74, 6) is 0. The molecular formula is C10H12INO2. The number of benzene rings is 1. The Labute approximate surface area is 97.0 Å². The van der Waals surface area contributed by atoms with Gasteiger partial charge in [0.15, 0.2) is 0 Å². The first-order valence-electron chi connectivity index (χ1n) is 4.34. The van der Waals surface area contributed by atoms with Gasteiger partial charge in [0.1, 0.15) is 0 Å². The number of amides is 1. The number of hydrogen-bond donors (Lipinski definition) is 1. The summed E-state index contributed by atoms with van der Waals surface area (Å²) in [5, 5.41) is 2.68. The van der Waals surface area contributed by atoms with Gasteiger partial charge in [-0.2, -0.15) is 0 Å². The van der Waals surface area contributed by atoms with Gasteiger partial charge < -0.3 is 4.74 Å². The third-order valence-corrected chi connectivity index (χ3v) is 3.14. The third kappa shape index (κ3) is 2.87. The average Bonchev–Trinajstić information content (AvgIpc) is 2.13. The van der Waals surface area contributed by atoms with Gasteiger partial charge in [0.05, 0.1) is 12.3 Å². The summed E-state index contributed by atoms with van der Waals surface area (Å²) in [5.41, 5.74) is 1.93. The molecule has 0 unspecified atom stereocenters. The second-order valence-electron chi connectivity index (χ2n) is 2.78. The predicted molar refractivity (Wildman–Crippen MR) is 64.5 cm³/mol. The number of carbonyl (C=O) groups is 1. The van der Waals surface area contributed by atoms with E-state index in [4.69, 9.17) is 4.74 Å². The van der Waals surface area contributed by atoms with E-state index in [9.17, 15) is 4.79 Å². The van der Waals surface area contributed by atoms with Crippen molar-refractivity contribution >= 4 is 34.4 Å². The van der Waals surface area contributed by atoms with Crippen LogP contribution in [0.4, 0.5) is 10.5 Å². The Kier molecular flexibility index (Phi) is 4.19. The summed E-state index contributed by atoms with van der Waals surface area (Å²) in [4.78, 5) is 11.1. The first-order valence-corrected chi connectivity index (χ1v) is 5.42. The largest absolute Gasteiger partial charge is 0.450 e. The molecule has 1 amide bonds. The standard InChI is InChI=1S/C10H12INO2/c1-3-14-10(13)12-8-6-4-5-7(2)9(8)11/h4-6H,3H2,1-2H3,(H,12,13). The SMILES string of the molecule is CCOC(=O)Nc1cccc(C)c1I. The molecule has 0 saturated heterocycles.